The van der Waals surface area contributed by atoms with Crippen molar-refractivity contribution in [1.29, 1.82) is 0 Å². The Morgan fingerprint density at radius 3 is 2.68 bits per heavy atom. The lowest BCUT2D eigenvalue weighted by Crippen LogP contribution is -2.23. The molecule has 108 valence electrons. The average molecular weight is 306 g/mol. The molecule has 0 bridgehead atoms. The normalized spacial score (nSPS) is 12.6. The second-order valence-electron chi connectivity index (χ2n) is 4.30. The van der Waals surface area contributed by atoms with Crippen LogP contribution >= 0.6 is 23.2 Å². The standard InChI is InChI=1S/C14H21Cl2NO2/c1-11(13-5-4-12(15)10-14(13)16)17-6-9-19-8-3-7-18-2/h4-5,10-11,17H,3,6-9H2,1-2H3. The van der Waals surface area contributed by atoms with Crippen molar-refractivity contribution in [3.63, 3.8) is 0 Å². The molecule has 0 saturated carbocycles. The van der Waals surface area contributed by atoms with Gasteiger partial charge in [-0.1, -0.05) is 29.3 Å². The quantitative estimate of drug-likeness (QED) is 0.706. The maximum atomic E-state index is 6.15. The number of hydrogen-bond donors (Lipinski definition) is 1. The van der Waals surface area contributed by atoms with Gasteiger partial charge in [-0.3, -0.25) is 0 Å². The first kappa shape index (κ1) is 16.7. The minimum Gasteiger partial charge on any atom is -0.385 e. The Morgan fingerprint density at radius 2 is 2.00 bits per heavy atom. The highest BCUT2D eigenvalue weighted by atomic mass is 35.5. The Hall–Kier alpha value is -0.320. The summed E-state index contributed by atoms with van der Waals surface area (Å²) in [5, 5.41) is 4.71. The van der Waals surface area contributed by atoms with Crippen LogP contribution in [-0.4, -0.2) is 33.5 Å². The zero-order valence-electron chi connectivity index (χ0n) is 11.4. The molecule has 0 aliphatic heterocycles. The van der Waals surface area contributed by atoms with Crippen molar-refractivity contribution in [3.05, 3.63) is 33.8 Å². The fourth-order valence-electron chi connectivity index (χ4n) is 1.72. The fourth-order valence-corrected chi connectivity index (χ4v) is 2.29. The molecule has 0 aliphatic rings. The van der Waals surface area contributed by atoms with Crippen molar-refractivity contribution in [2.75, 3.05) is 33.5 Å². The summed E-state index contributed by atoms with van der Waals surface area (Å²) in [4.78, 5) is 0. The fraction of sp³-hybridized carbons (Fsp3) is 0.571. The highest BCUT2D eigenvalue weighted by molar-refractivity contribution is 6.35. The smallest absolute Gasteiger partial charge is 0.0591 e. The first-order valence-corrected chi connectivity index (χ1v) is 7.15. The van der Waals surface area contributed by atoms with E-state index in [-0.39, 0.29) is 6.04 Å². The molecule has 5 heteroatoms. The molecule has 19 heavy (non-hydrogen) atoms. The van der Waals surface area contributed by atoms with Gasteiger partial charge in [0.15, 0.2) is 0 Å². The van der Waals surface area contributed by atoms with Crippen LogP contribution in [0.15, 0.2) is 18.2 Å². The van der Waals surface area contributed by atoms with Crippen LogP contribution in [0.25, 0.3) is 0 Å². The summed E-state index contributed by atoms with van der Waals surface area (Å²) in [6.07, 6.45) is 0.926. The first-order valence-electron chi connectivity index (χ1n) is 6.40. The molecule has 0 spiro atoms. The third-order valence-electron chi connectivity index (χ3n) is 2.76. The maximum absolute atomic E-state index is 6.15. The zero-order chi connectivity index (χ0) is 14.1. The number of nitrogens with one attached hydrogen (secondary N) is 1. The van der Waals surface area contributed by atoms with Crippen LogP contribution in [0.2, 0.25) is 10.0 Å². The molecule has 0 fully saturated rings. The van der Waals surface area contributed by atoms with Crippen LogP contribution in [0.5, 0.6) is 0 Å². The van der Waals surface area contributed by atoms with E-state index in [4.69, 9.17) is 32.7 Å². The molecule has 1 aromatic rings. The van der Waals surface area contributed by atoms with Gasteiger partial charge in [0, 0.05) is 43.0 Å². The van der Waals surface area contributed by atoms with Crippen molar-refractivity contribution < 1.29 is 9.47 Å². The number of rotatable bonds is 9. The predicted octanol–water partition coefficient (Wildman–Crippen LogP) is 3.70. The second kappa shape index (κ2) is 9.56. The number of methoxy groups -OCH3 is 1. The van der Waals surface area contributed by atoms with Crippen LogP contribution in [0.3, 0.4) is 0 Å². The van der Waals surface area contributed by atoms with Gasteiger partial charge >= 0.3 is 0 Å². The number of ether oxygens (including phenoxy) is 2. The van der Waals surface area contributed by atoms with Crippen molar-refractivity contribution >= 4 is 23.2 Å². The van der Waals surface area contributed by atoms with Crippen molar-refractivity contribution in [1.82, 2.24) is 5.32 Å². The van der Waals surface area contributed by atoms with Crippen molar-refractivity contribution in [3.8, 4) is 0 Å². The molecule has 1 unspecified atom stereocenters. The van der Waals surface area contributed by atoms with Gasteiger partial charge in [-0.2, -0.15) is 0 Å². The van der Waals surface area contributed by atoms with Gasteiger partial charge in [0.05, 0.1) is 6.61 Å². The zero-order valence-corrected chi connectivity index (χ0v) is 12.9. The molecule has 0 aromatic heterocycles. The lowest BCUT2D eigenvalue weighted by molar-refractivity contribution is 0.103. The van der Waals surface area contributed by atoms with E-state index < -0.39 is 0 Å². The van der Waals surface area contributed by atoms with Crippen LogP contribution in [0, 0.1) is 0 Å². The molecule has 3 nitrogen and oxygen atoms in total. The molecular weight excluding hydrogens is 285 g/mol. The maximum Gasteiger partial charge on any atom is 0.0591 e. The Bertz CT molecular complexity index is 374. The predicted molar refractivity (Wildman–Crippen MR) is 80.2 cm³/mol. The van der Waals surface area contributed by atoms with Crippen LogP contribution in [0.4, 0.5) is 0 Å². The Balaban J connectivity index is 2.22. The van der Waals surface area contributed by atoms with Gasteiger partial charge in [-0.25, -0.2) is 0 Å². The van der Waals surface area contributed by atoms with Gasteiger partial charge in [0.25, 0.3) is 0 Å². The summed E-state index contributed by atoms with van der Waals surface area (Å²) in [6.45, 7) is 5.00. The molecule has 1 N–H and O–H groups in total. The third kappa shape index (κ3) is 6.59. The summed E-state index contributed by atoms with van der Waals surface area (Å²) in [5.41, 5.74) is 1.05. The molecule has 0 heterocycles. The molecule has 0 aliphatic carbocycles. The number of hydrogen-bond acceptors (Lipinski definition) is 3. The monoisotopic (exact) mass is 305 g/mol. The molecule has 1 aromatic carbocycles. The van der Waals surface area contributed by atoms with E-state index >= 15 is 0 Å². The summed E-state index contributed by atoms with van der Waals surface area (Å²) < 4.78 is 10.4. The lowest BCUT2D eigenvalue weighted by atomic mass is 10.1. The van der Waals surface area contributed by atoms with Gasteiger partial charge in [0.2, 0.25) is 0 Å². The van der Waals surface area contributed by atoms with E-state index in [1.54, 1.807) is 13.2 Å². The molecule has 1 atom stereocenters. The van der Waals surface area contributed by atoms with E-state index in [2.05, 4.69) is 12.2 Å². The van der Waals surface area contributed by atoms with Crippen LogP contribution in [-0.2, 0) is 9.47 Å². The summed E-state index contributed by atoms with van der Waals surface area (Å²) >= 11 is 12.0. The number of benzene rings is 1. The topological polar surface area (TPSA) is 30.5 Å². The van der Waals surface area contributed by atoms with E-state index in [0.29, 0.717) is 16.7 Å². The summed E-state index contributed by atoms with van der Waals surface area (Å²) in [6, 6.07) is 5.73. The van der Waals surface area contributed by atoms with E-state index in [9.17, 15) is 0 Å². The minimum absolute atomic E-state index is 0.173. The van der Waals surface area contributed by atoms with Crippen molar-refractivity contribution in [2.24, 2.45) is 0 Å². The minimum atomic E-state index is 0.173. The SMILES string of the molecule is COCCCOCCNC(C)c1ccc(Cl)cc1Cl. The van der Waals surface area contributed by atoms with Gasteiger partial charge in [-0.15, -0.1) is 0 Å². The van der Waals surface area contributed by atoms with Crippen LogP contribution in [0.1, 0.15) is 24.9 Å². The third-order valence-corrected chi connectivity index (χ3v) is 3.33. The van der Waals surface area contributed by atoms with Crippen molar-refractivity contribution in [2.45, 2.75) is 19.4 Å². The lowest BCUT2D eigenvalue weighted by Gasteiger charge is -2.16. The Morgan fingerprint density at radius 1 is 1.21 bits per heavy atom. The molecule has 0 saturated heterocycles. The van der Waals surface area contributed by atoms with Gasteiger partial charge in [0.1, 0.15) is 0 Å². The molecule has 0 amide bonds. The Kier molecular flexibility index (Phi) is 8.42. The average Bonchev–Trinajstić information content (AvgIpc) is 2.37. The molecule has 0 radical (unpaired) electrons. The largest absolute Gasteiger partial charge is 0.385 e. The highest BCUT2D eigenvalue weighted by Crippen LogP contribution is 2.25. The second-order valence-corrected chi connectivity index (χ2v) is 5.14. The van der Waals surface area contributed by atoms with Gasteiger partial charge < -0.3 is 14.8 Å². The molecule has 1 rings (SSSR count). The number of halogens is 2. The van der Waals surface area contributed by atoms with Gasteiger partial charge in [-0.05, 0) is 31.0 Å². The Labute approximate surface area is 125 Å². The van der Waals surface area contributed by atoms with E-state index in [1.165, 1.54) is 0 Å². The van der Waals surface area contributed by atoms with E-state index in [1.807, 2.05) is 12.1 Å². The van der Waals surface area contributed by atoms with E-state index in [0.717, 1.165) is 31.7 Å². The molecular formula is C14H21Cl2NO2. The van der Waals surface area contributed by atoms with Crippen LogP contribution < -0.4 is 5.32 Å². The summed E-state index contributed by atoms with van der Waals surface area (Å²) in [5.74, 6) is 0. The summed E-state index contributed by atoms with van der Waals surface area (Å²) in [7, 11) is 1.69. The first-order chi connectivity index (χ1) is 9.15. The highest BCUT2D eigenvalue weighted by Gasteiger charge is 2.08.